The summed E-state index contributed by atoms with van der Waals surface area (Å²) in [4.78, 5) is 6.38. The van der Waals surface area contributed by atoms with Crippen LogP contribution in [0.5, 0.6) is 0 Å². The standard InChI is InChI=1S/C13H15N5S/c1-18(2)12-5-3-4-9-10(12)6-7-15-11(9)8-16-17-13(14)19/h3-8H,1-2H3,(H3,14,17,19)/b16-8-. The minimum absolute atomic E-state index is 0.130. The molecule has 2 rings (SSSR count). The normalized spacial score (nSPS) is 10.8. The number of rotatable bonds is 3. The van der Waals surface area contributed by atoms with Gasteiger partial charge in [0, 0.05) is 36.8 Å². The Morgan fingerprint density at radius 2 is 2.16 bits per heavy atom. The monoisotopic (exact) mass is 273 g/mol. The summed E-state index contributed by atoms with van der Waals surface area (Å²) in [5.41, 5.74) is 9.74. The van der Waals surface area contributed by atoms with Gasteiger partial charge in [-0.2, -0.15) is 5.10 Å². The Balaban J connectivity index is 2.49. The summed E-state index contributed by atoms with van der Waals surface area (Å²) in [7, 11) is 4.02. The topological polar surface area (TPSA) is 66.5 Å². The summed E-state index contributed by atoms with van der Waals surface area (Å²) in [5.74, 6) is 0. The number of aromatic nitrogens is 1. The van der Waals surface area contributed by atoms with Crippen LogP contribution in [0.4, 0.5) is 5.69 Å². The molecule has 98 valence electrons. The summed E-state index contributed by atoms with van der Waals surface area (Å²) >= 11 is 4.69. The van der Waals surface area contributed by atoms with Crippen LogP contribution in [0.15, 0.2) is 35.6 Å². The minimum atomic E-state index is 0.130. The van der Waals surface area contributed by atoms with Gasteiger partial charge in [-0.05, 0) is 24.4 Å². The summed E-state index contributed by atoms with van der Waals surface area (Å²) in [6.45, 7) is 0. The van der Waals surface area contributed by atoms with Gasteiger partial charge in [0.25, 0.3) is 0 Å². The number of benzene rings is 1. The van der Waals surface area contributed by atoms with Crippen molar-refractivity contribution in [2.75, 3.05) is 19.0 Å². The summed E-state index contributed by atoms with van der Waals surface area (Å²) in [6.07, 6.45) is 3.37. The first-order valence-electron chi connectivity index (χ1n) is 5.73. The lowest BCUT2D eigenvalue weighted by molar-refractivity contribution is 1.04. The molecule has 3 N–H and O–H groups in total. The van der Waals surface area contributed by atoms with E-state index >= 15 is 0 Å². The quantitative estimate of drug-likeness (QED) is 0.503. The van der Waals surface area contributed by atoms with Crippen molar-refractivity contribution >= 4 is 40.0 Å². The fraction of sp³-hybridized carbons (Fsp3) is 0.154. The largest absolute Gasteiger partial charge is 0.377 e. The molecule has 1 aromatic carbocycles. The Morgan fingerprint density at radius 3 is 2.84 bits per heavy atom. The molecule has 0 unspecified atom stereocenters. The maximum absolute atomic E-state index is 5.31. The van der Waals surface area contributed by atoms with E-state index in [0.717, 1.165) is 22.2 Å². The number of nitrogens with two attached hydrogens (primary N) is 1. The first kappa shape index (κ1) is 13.2. The van der Waals surface area contributed by atoms with Gasteiger partial charge >= 0.3 is 0 Å². The number of nitrogens with one attached hydrogen (secondary N) is 1. The molecule has 2 aromatic rings. The number of thiocarbonyl (C=S) groups is 1. The Hall–Kier alpha value is -2.21. The van der Waals surface area contributed by atoms with Gasteiger partial charge in [0.2, 0.25) is 0 Å². The number of hydrazone groups is 1. The van der Waals surface area contributed by atoms with Crippen LogP contribution in [0.3, 0.4) is 0 Å². The van der Waals surface area contributed by atoms with Crippen molar-refractivity contribution in [1.82, 2.24) is 10.4 Å². The zero-order chi connectivity index (χ0) is 13.8. The molecular formula is C13H15N5S. The molecule has 0 fully saturated rings. The van der Waals surface area contributed by atoms with Gasteiger partial charge < -0.3 is 10.6 Å². The zero-order valence-electron chi connectivity index (χ0n) is 10.8. The van der Waals surface area contributed by atoms with Crippen LogP contribution in [-0.4, -0.2) is 30.4 Å². The van der Waals surface area contributed by atoms with Gasteiger partial charge in [0.1, 0.15) is 0 Å². The average Bonchev–Trinajstić information content (AvgIpc) is 2.37. The van der Waals surface area contributed by atoms with Crippen molar-refractivity contribution in [2.24, 2.45) is 10.8 Å². The highest BCUT2D eigenvalue weighted by Gasteiger charge is 2.05. The van der Waals surface area contributed by atoms with Crippen LogP contribution < -0.4 is 16.1 Å². The molecule has 0 saturated carbocycles. The number of hydrogen-bond acceptors (Lipinski definition) is 4. The van der Waals surface area contributed by atoms with Crippen LogP contribution in [0.1, 0.15) is 5.69 Å². The highest BCUT2D eigenvalue weighted by Crippen LogP contribution is 2.25. The summed E-state index contributed by atoms with van der Waals surface area (Å²) in [5, 5.41) is 6.23. The third-order valence-electron chi connectivity index (χ3n) is 2.66. The van der Waals surface area contributed by atoms with Crippen LogP contribution >= 0.6 is 12.2 Å². The third-order valence-corrected chi connectivity index (χ3v) is 2.75. The number of nitrogens with zero attached hydrogens (tertiary/aromatic N) is 3. The Bertz CT molecular complexity index is 636. The molecule has 5 nitrogen and oxygen atoms in total. The van der Waals surface area contributed by atoms with Crippen molar-refractivity contribution in [3.05, 3.63) is 36.2 Å². The number of pyridine rings is 1. The van der Waals surface area contributed by atoms with E-state index in [-0.39, 0.29) is 5.11 Å². The van der Waals surface area contributed by atoms with E-state index in [2.05, 4.69) is 38.7 Å². The Morgan fingerprint density at radius 1 is 1.37 bits per heavy atom. The van der Waals surface area contributed by atoms with E-state index in [9.17, 15) is 0 Å². The third kappa shape index (κ3) is 2.97. The van der Waals surface area contributed by atoms with Gasteiger partial charge in [-0.15, -0.1) is 0 Å². The van der Waals surface area contributed by atoms with Crippen molar-refractivity contribution < 1.29 is 0 Å². The van der Waals surface area contributed by atoms with Crippen LogP contribution in [0.2, 0.25) is 0 Å². The van der Waals surface area contributed by atoms with Crippen molar-refractivity contribution in [2.45, 2.75) is 0 Å². The molecule has 1 heterocycles. The molecule has 0 bridgehead atoms. The van der Waals surface area contributed by atoms with Gasteiger partial charge in [-0.1, -0.05) is 12.1 Å². The van der Waals surface area contributed by atoms with Crippen molar-refractivity contribution in [1.29, 1.82) is 0 Å². The van der Waals surface area contributed by atoms with Gasteiger partial charge in [-0.25, -0.2) is 0 Å². The van der Waals surface area contributed by atoms with Crippen molar-refractivity contribution in [3.63, 3.8) is 0 Å². The molecule has 0 aliphatic carbocycles. The fourth-order valence-electron chi connectivity index (χ4n) is 1.86. The molecule has 0 radical (unpaired) electrons. The van der Waals surface area contributed by atoms with Gasteiger partial charge in [0.05, 0.1) is 11.9 Å². The van der Waals surface area contributed by atoms with Crippen LogP contribution in [0, 0.1) is 0 Å². The number of anilines is 1. The molecule has 6 heteroatoms. The van der Waals surface area contributed by atoms with E-state index < -0.39 is 0 Å². The minimum Gasteiger partial charge on any atom is -0.377 e. The predicted molar refractivity (Wildman–Crippen MR) is 83.6 cm³/mol. The molecule has 0 saturated heterocycles. The maximum atomic E-state index is 5.31. The van der Waals surface area contributed by atoms with E-state index in [0.29, 0.717) is 0 Å². The first-order valence-corrected chi connectivity index (χ1v) is 6.14. The Kier molecular flexibility index (Phi) is 3.91. The average molecular weight is 273 g/mol. The maximum Gasteiger partial charge on any atom is 0.184 e. The highest BCUT2D eigenvalue weighted by molar-refractivity contribution is 7.80. The second kappa shape index (κ2) is 5.62. The summed E-state index contributed by atoms with van der Waals surface area (Å²) in [6, 6.07) is 8.06. The molecule has 0 aliphatic heterocycles. The second-order valence-corrected chi connectivity index (χ2v) is 4.64. The van der Waals surface area contributed by atoms with E-state index in [4.69, 9.17) is 5.73 Å². The van der Waals surface area contributed by atoms with Crippen LogP contribution in [-0.2, 0) is 0 Å². The van der Waals surface area contributed by atoms with E-state index in [1.54, 1.807) is 12.4 Å². The lowest BCUT2D eigenvalue weighted by Gasteiger charge is -2.15. The second-order valence-electron chi connectivity index (χ2n) is 4.20. The fourth-order valence-corrected chi connectivity index (χ4v) is 1.92. The van der Waals surface area contributed by atoms with E-state index in [1.807, 2.05) is 32.3 Å². The molecule has 0 atom stereocenters. The summed E-state index contributed by atoms with van der Waals surface area (Å²) < 4.78 is 0. The lowest BCUT2D eigenvalue weighted by Crippen LogP contribution is -2.24. The molecule has 0 spiro atoms. The van der Waals surface area contributed by atoms with Crippen molar-refractivity contribution in [3.8, 4) is 0 Å². The number of hydrogen-bond donors (Lipinski definition) is 2. The molecule has 19 heavy (non-hydrogen) atoms. The lowest BCUT2D eigenvalue weighted by atomic mass is 10.1. The van der Waals surface area contributed by atoms with Gasteiger partial charge in [-0.3, -0.25) is 10.4 Å². The number of fused-ring (bicyclic) bond motifs is 1. The molecule has 0 aliphatic rings. The SMILES string of the molecule is CN(C)c1cccc2c(/C=N\NC(N)=S)nccc12. The smallest absolute Gasteiger partial charge is 0.184 e. The molecule has 1 aromatic heterocycles. The van der Waals surface area contributed by atoms with E-state index in [1.165, 1.54) is 0 Å². The predicted octanol–water partition coefficient (Wildman–Crippen LogP) is 1.47. The Labute approximate surface area is 117 Å². The van der Waals surface area contributed by atoms with Crippen LogP contribution in [0.25, 0.3) is 10.8 Å². The molecular weight excluding hydrogens is 258 g/mol. The molecule has 0 amide bonds. The van der Waals surface area contributed by atoms with Gasteiger partial charge in [0.15, 0.2) is 5.11 Å². The highest BCUT2D eigenvalue weighted by atomic mass is 32.1. The first-order chi connectivity index (χ1) is 9.09. The zero-order valence-corrected chi connectivity index (χ0v) is 11.6.